The molecule has 0 aromatic rings. The first-order valence-corrected chi connectivity index (χ1v) is 5.09. The van der Waals surface area contributed by atoms with Crippen molar-refractivity contribution >= 4 is 6.03 Å². The minimum absolute atomic E-state index is 0.0839. The van der Waals surface area contributed by atoms with Crippen molar-refractivity contribution in [3.63, 3.8) is 0 Å². The van der Waals surface area contributed by atoms with Gasteiger partial charge in [-0.05, 0) is 18.6 Å². The molecule has 0 aromatic heterocycles. The lowest BCUT2D eigenvalue weighted by Gasteiger charge is -2.32. The highest BCUT2D eigenvalue weighted by atomic mass is 16.5. The number of amides is 2. The molecule has 0 bridgehead atoms. The predicted molar refractivity (Wildman–Crippen MR) is 57.0 cm³/mol. The van der Waals surface area contributed by atoms with Crippen LogP contribution in [-0.2, 0) is 4.74 Å². The molecule has 0 fully saturated rings. The molecule has 16 heavy (non-hydrogen) atoms. The SMILES string of the molecule is CC1=C(N)NC(=O)N(C2C=C[C@@H](CO)O2)C1. The molecular weight excluding hydrogens is 210 g/mol. The molecule has 4 N–H and O–H groups in total. The van der Waals surface area contributed by atoms with Crippen molar-refractivity contribution < 1.29 is 14.6 Å². The standard InChI is InChI=1S/C10H15N3O3/c1-6-4-13(10(15)12-9(6)11)8-3-2-7(5-14)16-8/h2-3,7-8,14H,4-5,11H2,1H3,(H,12,15)/t7-,8?/m0/s1. The normalized spacial score (nSPS) is 29.9. The summed E-state index contributed by atoms with van der Waals surface area (Å²) in [5.74, 6) is 0.405. The highest BCUT2D eigenvalue weighted by Crippen LogP contribution is 2.19. The van der Waals surface area contributed by atoms with Gasteiger partial charge in [0.05, 0.1) is 6.61 Å². The Bertz CT molecular complexity index is 364. The number of carbonyl (C=O) groups is 1. The fourth-order valence-electron chi connectivity index (χ4n) is 1.68. The zero-order valence-electron chi connectivity index (χ0n) is 9.01. The molecule has 2 heterocycles. The number of hydrogen-bond donors (Lipinski definition) is 3. The number of rotatable bonds is 2. The summed E-state index contributed by atoms with van der Waals surface area (Å²) in [7, 11) is 0. The third-order valence-corrected chi connectivity index (χ3v) is 2.66. The summed E-state index contributed by atoms with van der Waals surface area (Å²) in [5, 5.41) is 11.5. The quantitative estimate of drug-likeness (QED) is 0.551. The molecule has 2 aliphatic rings. The average Bonchev–Trinajstić information content (AvgIpc) is 2.71. The lowest BCUT2D eigenvalue weighted by molar-refractivity contribution is -0.0353. The zero-order valence-corrected chi connectivity index (χ0v) is 9.01. The second-order valence-electron chi connectivity index (χ2n) is 3.88. The van der Waals surface area contributed by atoms with E-state index in [0.717, 1.165) is 5.57 Å². The van der Waals surface area contributed by atoms with Gasteiger partial charge in [0, 0.05) is 6.54 Å². The maximum absolute atomic E-state index is 11.7. The minimum Gasteiger partial charge on any atom is -0.393 e. The lowest BCUT2D eigenvalue weighted by Crippen LogP contribution is -2.51. The van der Waals surface area contributed by atoms with Crippen LogP contribution in [0.4, 0.5) is 4.79 Å². The molecule has 1 unspecified atom stereocenters. The second-order valence-corrected chi connectivity index (χ2v) is 3.88. The predicted octanol–water partition coefficient (Wildman–Crippen LogP) is -0.525. The van der Waals surface area contributed by atoms with Crippen molar-refractivity contribution in [2.45, 2.75) is 19.3 Å². The Hall–Kier alpha value is -1.53. The number of carbonyl (C=O) groups excluding carboxylic acids is 1. The number of hydrogen-bond acceptors (Lipinski definition) is 4. The molecule has 0 aliphatic carbocycles. The first kappa shape index (κ1) is 11.0. The van der Waals surface area contributed by atoms with Gasteiger partial charge in [0.25, 0.3) is 0 Å². The van der Waals surface area contributed by atoms with E-state index in [1.165, 1.54) is 4.90 Å². The van der Waals surface area contributed by atoms with Gasteiger partial charge in [-0.15, -0.1) is 0 Å². The summed E-state index contributed by atoms with van der Waals surface area (Å²) in [6, 6.07) is -0.281. The van der Waals surface area contributed by atoms with Gasteiger partial charge >= 0.3 is 6.03 Å². The Morgan fingerprint density at radius 1 is 1.69 bits per heavy atom. The summed E-state index contributed by atoms with van der Waals surface area (Å²) >= 11 is 0. The number of ether oxygens (including phenoxy) is 1. The van der Waals surface area contributed by atoms with Gasteiger partial charge in [-0.25, -0.2) is 4.79 Å². The summed E-state index contributed by atoms with van der Waals surface area (Å²) in [6.07, 6.45) is 2.74. The molecule has 88 valence electrons. The van der Waals surface area contributed by atoms with E-state index in [1.807, 2.05) is 6.92 Å². The van der Waals surface area contributed by atoms with Crippen molar-refractivity contribution in [3.05, 3.63) is 23.5 Å². The topological polar surface area (TPSA) is 87.8 Å². The summed E-state index contributed by atoms with van der Waals surface area (Å²) in [4.78, 5) is 13.2. The van der Waals surface area contributed by atoms with E-state index in [0.29, 0.717) is 12.4 Å². The molecule has 6 heteroatoms. The van der Waals surface area contributed by atoms with Crippen LogP contribution in [0.25, 0.3) is 0 Å². The number of nitrogens with one attached hydrogen (secondary N) is 1. The van der Waals surface area contributed by atoms with E-state index in [2.05, 4.69) is 5.32 Å². The van der Waals surface area contributed by atoms with Crippen molar-refractivity contribution in [1.29, 1.82) is 0 Å². The van der Waals surface area contributed by atoms with Crippen molar-refractivity contribution in [1.82, 2.24) is 10.2 Å². The molecule has 2 aliphatic heterocycles. The molecule has 0 saturated heterocycles. The highest BCUT2D eigenvalue weighted by molar-refractivity contribution is 5.78. The van der Waals surface area contributed by atoms with Crippen LogP contribution in [0.5, 0.6) is 0 Å². The zero-order chi connectivity index (χ0) is 11.7. The number of nitrogens with two attached hydrogens (primary N) is 1. The second kappa shape index (κ2) is 4.15. The molecule has 0 saturated carbocycles. The first-order chi connectivity index (χ1) is 7.61. The van der Waals surface area contributed by atoms with Gasteiger partial charge in [-0.2, -0.15) is 0 Å². The summed E-state index contributed by atoms with van der Waals surface area (Å²) in [6.45, 7) is 2.20. The number of urea groups is 1. The third kappa shape index (κ3) is 1.89. The van der Waals surface area contributed by atoms with Gasteiger partial charge in [-0.3, -0.25) is 10.2 Å². The lowest BCUT2D eigenvalue weighted by atomic mass is 10.2. The number of nitrogens with zero attached hydrogens (tertiary/aromatic N) is 1. The van der Waals surface area contributed by atoms with Gasteiger partial charge in [-0.1, -0.05) is 6.08 Å². The fourth-order valence-corrected chi connectivity index (χ4v) is 1.68. The van der Waals surface area contributed by atoms with Gasteiger partial charge in [0.15, 0.2) is 6.23 Å². The molecule has 0 spiro atoms. The van der Waals surface area contributed by atoms with Crippen LogP contribution < -0.4 is 11.1 Å². The van der Waals surface area contributed by atoms with Crippen LogP contribution in [0.2, 0.25) is 0 Å². The van der Waals surface area contributed by atoms with E-state index < -0.39 is 6.23 Å². The summed E-state index contributed by atoms with van der Waals surface area (Å²) in [5.41, 5.74) is 6.50. The van der Waals surface area contributed by atoms with E-state index in [-0.39, 0.29) is 18.7 Å². The Kier molecular flexibility index (Phi) is 2.84. The van der Waals surface area contributed by atoms with Gasteiger partial charge in [0.1, 0.15) is 11.9 Å². The van der Waals surface area contributed by atoms with Crippen LogP contribution >= 0.6 is 0 Å². The fraction of sp³-hybridized carbons (Fsp3) is 0.500. The largest absolute Gasteiger partial charge is 0.393 e. The third-order valence-electron chi connectivity index (χ3n) is 2.66. The highest BCUT2D eigenvalue weighted by Gasteiger charge is 2.31. The first-order valence-electron chi connectivity index (χ1n) is 5.09. The number of aliphatic hydroxyl groups excluding tert-OH is 1. The van der Waals surface area contributed by atoms with E-state index in [4.69, 9.17) is 15.6 Å². The minimum atomic E-state index is -0.430. The van der Waals surface area contributed by atoms with E-state index in [9.17, 15) is 4.79 Å². The maximum atomic E-state index is 11.7. The van der Waals surface area contributed by atoms with E-state index in [1.54, 1.807) is 12.2 Å². The molecule has 6 nitrogen and oxygen atoms in total. The van der Waals surface area contributed by atoms with Gasteiger partial charge < -0.3 is 15.6 Å². The van der Waals surface area contributed by atoms with Crippen molar-refractivity contribution in [2.75, 3.05) is 13.2 Å². The Morgan fingerprint density at radius 3 is 3.06 bits per heavy atom. The average molecular weight is 225 g/mol. The Labute approximate surface area is 93.4 Å². The molecule has 2 atom stereocenters. The molecule has 2 amide bonds. The van der Waals surface area contributed by atoms with Crippen LogP contribution in [0.1, 0.15) is 6.92 Å². The van der Waals surface area contributed by atoms with Crippen molar-refractivity contribution in [2.24, 2.45) is 5.73 Å². The van der Waals surface area contributed by atoms with Crippen LogP contribution in [0.15, 0.2) is 23.5 Å². The molecule has 0 aromatic carbocycles. The van der Waals surface area contributed by atoms with Crippen LogP contribution in [0.3, 0.4) is 0 Å². The smallest absolute Gasteiger partial charge is 0.325 e. The maximum Gasteiger partial charge on any atom is 0.325 e. The molecule has 2 rings (SSSR count). The number of aliphatic hydroxyl groups is 1. The van der Waals surface area contributed by atoms with Crippen molar-refractivity contribution in [3.8, 4) is 0 Å². The summed E-state index contributed by atoms with van der Waals surface area (Å²) < 4.78 is 5.44. The Balaban J connectivity index is 2.07. The monoisotopic (exact) mass is 225 g/mol. The van der Waals surface area contributed by atoms with Crippen LogP contribution in [-0.4, -0.2) is 41.5 Å². The molecule has 0 radical (unpaired) electrons. The van der Waals surface area contributed by atoms with Crippen LogP contribution in [0, 0.1) is 0 Å². The van der Waals surface area contributed by atoms with Gasteiger partial charge in [0.2, 0.25) is 0 Å². The Morgan fingerprint density at radius 2 is 2.44 bits per heavy atom. The molecular formula is C10H15N3O3. The van der Waals surface area contributed by atoms with E-state index >= 15 is 0 Å².